The second-order valence-corrected chi connectivity index (χ2v) is 3.30. The third-order valence-corrected chi connectivity index (χ3v) is 1.82. The van der Waals surface area contributed by atoms with E-state index >= 15 is 0 Å². The average molecular weight is 221 g/mol. The summed E-state index contributed by atoms with van der Waals surface area (Å²) < 4.78 is 0. The van der Waals surface area contributed by atoms with Crippen molar-refractivity contribution in [3.05, 3.63) is 0 Å². The van der Waals surface area contributed by atoms with Crippen molar-refractivity contribution in [2.45, 2.75) is 37.9 Å². The molecule has 0 heterocycles. The number of amides is 1. The number of nitrogens with one attached hydrogen (secondary N) is 1. The van der Waals surface area contributed by atoms with Crippen LogP contribution in [0.1, 0.15) is 13.8 Å². The summed E-state index contributed by atoms with van der Waals surface area (Å²) in [5.41, 5.74) is -2.61. The predicted octanol–water partition coefficient (Wildman–Crippen LogP) is -2.89. The van der Waals surface area contributed by atoms with Crippen LogP contribution in [0.15, 0.2) is 0 Å². The van der Waals surface area contributed by atoms with Crippen molar-refractivity contribution in [3.63, 3.8) is 0 Å². The highest BCUT2D eigenvalue weighted by atomic mass is 16.4. The topological polar surface area (TPSA) is 127 Å². The van der Waals surface area contributed by atoms with Crippen molar-refractivity contribution in [1.82, 2.24) is 5.32 Å². The highest BCUT2D eigenvalue weighted by molar-refractivity contribution is 5.79. The summed E-state index contributed by atoms with van der Waals surface area (Å²) in [6.45, 7) is 2.18. The molecule has 0 saturated carbocycles. The molecule has 0 aromatic heterocycles. The molecule has 0 aliphatic carbocycles. The van der Waals surface area contributed by atoms with Gasteiger partial charge >= 0.3 is 0 Å². The summed E-state index contributed by atoms with van der Waals surface area (Å²) in [6, 6.07) is 0. The summed E-state index contributed by atoms with van der Waals surface area (Å²) in [4.78, 5) is 21.1. The molecule has 0 spiro atoms. The lowest BCUT2D eigenvalue weighted by Crippen LogP contribution is -2.62. The maximum atomic E-state index is 10.6. The van der Waals surface area contributed by atoms with Crippen LogP contribution in [0.4, 0.5) is 0 Å². The zero-order valence-electron chi connectivity index (χ0n) is 8.41. The Morgan fingerprint density at radius 1 is 1.40 bits per heavy atom. The first-order valence-corrected chi connectivity index (χ1v) is 4.26. The van der Waals surface area contributed by atoms with E-state index in [1.54, 1.807) is 5.32 Å². The average Bonchev–Trinajstić information content (AvgIpc) is 2.14. The van der Waals surface area contributed by atoms with Gasteiger partial charge in [0.2, 0.25) is 11.6 Å². The van der Waals surface area contributed by atoms with Crippen molar-refractivity contribution in [2.24, 2.45) is 0 Å². The van der Waals surface area contributed by atoms with Gasteiger partial charge in [-0.05, 0) is 6.92 Å². The van der Waals surface area contributed by atoms with Crippen LogP contribution in [-0.4, -0.2) is 56.7 Å². The quantitative estimate of drug-likeness (QED) is 0.250. The minimum absolute atomic E-state index is 0.120. The SMILES string of the molecule is CC(=O)N[C@](O)(C=O)[C@H](O)[C@@H](O)[C@H](C)O. The van der Waals surface area contributed by atoms with Gasteiger partial charge in [-0.2, -0.15) is 0 Å². The van der Waals surface area contributed by atoms with Crippen LogP contribution >= 0.6 is 0 Å². The number of aldehydes is 1. The first-order valence-electron chi connectivity index (χ1n) is 4.26. The Labute approximate surface area is 86.3 Å². The predicted molar refractivity (Wildman–Crippen MR) is 48.5 cm³/mol. The molecule has 5 N–H and O–H groups in total. The number of hydrogen-bond acceptors (Lipinski definition) is 6. The van der Waals surface area contributed by atoms with E-state index in [-0.39, 0.29) is 6.29 Å². The van der Waals surface area contributed by atoms with Gasteiger partial charge in [-0.3, -0.25) is 9.59 Å². The maximum absolute atomic E-state index is 10.6. The van der Waals surface area contributed by atoms with Crippen molar-refractivity contribution in [2.75, 3.05) is 0 Å². The van der Waals surface area contributed by atoms with Crippen LogP contribution in [0.25, 0.3) is 0 Å². The molecule has 0 rings (SSSR count). The Hall–Kier alpha value is -1.02. The lowest BCUT2D eigenvalue weighted by Gasteiger charge is -2.32. The van der Waals surface area contributed by atoms with Gasteiger partial charge in [0, 0.05) is 6.92 Å². The van der Waals surface area contributed by atoms with Gasteiger partial charge in [0.15, 0.2) is 6.29 Å². The maximum Gasteiger partial charge on any atom is 0.224 e. The van der Waals surface area contributed by atoms with Gasteiger partial charge in [-0.15, -0.1) is 0 Å². The zero-order chi connectivity index (χ0) is 12.2. The fourth-order valence-electron chi connectivity index (χ4n) is 0.979. The third kappa shape index (κ3) is 3.56. The smallest absolute Gasteiger partial charge is 0.224 e. The molecule has 7 nitrogen and oxygen atoms in total. The van der Waals surface area contributed by atoms with E-state index in [9.17, 15) is 24.9 Å². The third-order valence-electron chi connectivity index (χ3n) is 1.82. The molecule has 0 unspecified atom stereocenters. The number of carbonyl (C=O) groups excluding carboxylic acids is 2. The van der Waals surface area contributed by atoms with E-state index in [0.717, 1.165) is 13.8 Å². The van der Waals surface area contributed by atoms with Gasteiger partial charge in [0.05, 0.1) is 6.10 Å². The van der Waals surface area contributed by atoms with Gasteiger partial charge < -0.3 is 25.7 Å². The summed E-state index contributed by atoms with van der Waals surface area (Å²) in [7, 11) is 0. The number of aliphatic hydroxyl groups is 4. The van der Waals surface area contributed by atoms with Crippen LogP contribution < -0.4 is 5.32 Å². The van der Waals surface area contributed by atoms with Gasteiger partial charge in [0.1, 0.15) is 12.2 Å². The molecule has 0 radical (unpaired) electrons. The molecule has 0 bridgehead atoms. The molecule has 0 saturated heterocycles. The normalized spacial score (nSPS) is 20.9. The molecule has 15 heavy (non-hydrogen) atoms. The van der Waals surface area contributed by atoms with Gasteiger partial charge in [0.25, 0.3) is 0 Å². The largest absolute Gasteiger partial charge is 0.391 e. The summed E-state index contributed by atoms with van der Waals surface area (Å²) in [5.74, 6) is -0.763. The monoisotopic (exact) mass is 221 g/mol. The minimum atomic E-state index is -2.61. The molecule has 7 heteroatoms. The lowest BCUT2D eigenvalue weighted by atomic mass is 9.99. The Kier molecular flexibility index (Phi) is 4.82. The van der Waals surface area contributed by atoms with Crippen molar-refractivity contribution in [1.29, 1.82) is 0 Å². The molecule has 0 aliphatic heterocycles. The van der Waals surface area contributed by atoms with E-state index in [4.69, 9.17) is 5.11 Å². The van der Waals surface area contributed by atoms with Crippen LogP contribution in [0, 0.1) is 0 Å². The lowest BCUT2D eigenvalue weighted by molar-refractivity contribution is -0.172. The number of aliphatic hydroxyl groups excluding tert-OH is 3. The van der Waals surface area contributed by atoms with Crippen molar-refractivity contribution < 1.29 is 30.0 Å². The van der Waals surface area contributed by atoms with Crippen LogP contribution in [-0.2, 0) is 9.59 Å². The van der Waals surface area contributed by atoms with Gasteiger partial charge in [-0.25, -0.2) is 0 Å². The van der Waals surface area contributed by atoms with E-state index in [2.05, 4.69) is 0 Å². The van der Waals surface area contributed by atoms with E-state index < -0.39 is 29.9 Å². The van der Waals surface area contributed by atoms with Crippen molar-refractivity contribution >= 4 is 12.2 Å². The first kappa shape index (κ1) is 14.0. The van der Waals surface area contributed by atoms with Gasteiger partial charge in [-0.1, -0.05) is 0 Å². The fourth-order valence-corrected chi connectivity index (χ4v) is 0.979. The molecule has 4 atom stereocenters. The molecular weight excluding hydrogens is 206 g/mol. The summed E-state index contributed by atoms with van der Waals surface area (Å²) in [5, 5.41) is 38.7. The highest BCUT2D eigenvalue weighted by Crippen LogP contribution is 2.11. The summed E-state index contributed by atoms with van der Waals surface area (Å²) >= 11 is 0. The number of hydrogen-bond donors (Lipinski definition) is 5. The standard InChI is InChI=1S/C8H15NO6/c1-4(11)6(13)7(14)8(15,3-10)9-5(2)12/h3-4,6-7,11,13-15H,1-2H3,(H,9,12)/t4-,6-,7+,8-/m0/s1. The molecule has 0 aromatic carbocycles. The fraction of sp³-hybridized carbons (Fsp3) is 0.750. The highest BCUT2D eigenvalue weighted by Gasteiger charge is 2.42. The number of carbonyl (C=O) groups is 2. The molecule has 1 amide bonds. The molecular formula is C8H15NO6. The first-order chi connectivity index (χ1) is 6.74. The van der Waals surface area contributed by atoms with Crippen LogP contribution in [0.3, 0.4) is 0 Å². The Bertz CT molecular complexity index is 243. The second kappa shape index (κ2) is 5.17. The molecule has 0 fully saturated rings. The van der Waals surface area contributed by atoms with E-state index in [1.165, 1.54) is 0 Å². The summed E-state index contributed by atoms with van der Waals surface area (Å²) in [6.07, 6.45) is -5.25. The van der Waals surface area contributed by atoms with E-state index in [1.807, 2.05) is 0 Å². The van der Waals surface area contributed by atoms with E-state index in [0.29, 0.717) is 0 Å². The van der Waals surface area contributed by atoms with Crippen LogP contribution in [0.2, 0.25) is 0 Å². The van der Waals surface area contributed by atoms with Crippen LogP contribution in [0.5, 0.6) is 0 Å². The molecule has 0 aromatic rings. The second-order valence-electron chi connectivity index (χ2n) is 3.30. The Morgan fingerprint density at radius 3 is 2.13 bits per heavy atom. The molecule has 88 valence electrons. The zero-order valence-corrected chi connectivity index (χ0v) is 8.41. The minimum Gasteiger partial charge on any atom is -0.391 e. The Morgan fingerprint density at radius 2 is 1.87 bits per heavy atom. The number of rotatable bonds is 5. The molecule has 0 aliphatic rings. The van der Waals surface area contributed by atoms with Crippen molar-refractivity contribution in [3.8, 4) is 0 Å². The Balaban J connectivity index is 4.78.